The number of Topliss-reactive ketones (excluding diaryl/α,β-unsaturated/α-hetero) is 1. The van der Waals surface area contributed by atoms with Crippen LogP contribution < -0.4 is 0 Å². The Labute approximate surface area is 97.3 Å². The third-order valence-corrected chi connectivity index (χ3v) is 3.21. The first-order valence-electron chi connectivity index (χ1n) is 6.04. The Hall–Kier alpha value is -1.15. The molecule has 0 radical (unpaired) electrons. The van der Waals surface area contributed by atoms with Crippen molar-refractivity contribution >= 4 is 5.78 Å². The fourth-order valence-electron chi connectivity index (χ4n) is 2.28. The third kappa shape index (κ3) is 2.92. The van der Waals surface area contributed by atoms with Gasteiger partial charge in [-0.15, -0.1) is 0 Å². The maximum atomic E-state index is 11.0. The minimum absolute atomic E-state index is 0.289. The number of nitrogens with zero attached hydrogens (tertiary/aromatic N) is 1. The second-order valence-electron chi connectivity index (χ2n) is 4.60. The largest absolute Gasteiger partial charge is 0.300 e. The monoisotopic (exact) mass is 217 g/mol. The second kappa shape index (κ2) is 5.26. The number of carbonyl (C=O) groups excluding carboxylic acids is 1. The highest BCUT2D eigenvalue weighted by molar-refractivity contribution is 5.75. The van der Waals surface area contributed by atoms with Gasteiger partial charge in [-0.25, -0.2) is 0 Å². The third-order valence-electron chi connectivity index (χ3n) is 3.21. The summed E-state index contributed by atoms with van der Waals surface area (Å²) >= 11 is 0. The lowest BCUT2D eigenvalue weighted by Crippen LogP contribution is -2.25. The summed E-state index contributed by atoms with van der Waals surface area (Å²) in [5, 5.41) is 0. The number of ketones is 1. The summed E-state index contributed by atoms with van der Waals surface area (Å²) in [6, 6.07) is 8.66. The van der Waals surface area contributed by atoms with E-state index in [1.165, 1.54) is 24.0 Å². The van der Waals surface area contributed by atoms with Gasteiger partial charge in [-0.2, -0.15) is 0 Å². The average Bonchev–Trinajstić information content (AvgIpc) is 2.47. The minimum Gasteiger partial charge on any atom is -0.300 e. The summed E-state index contributed by atoms with van der Waals surface area (Å²) in [5.41, 5.74) is 2.91. The molecule has 0 saturated carbocycles. The maximum Gasteiger partial charge on any atom is 0.131 e. The van der Waals surface area contributed by atoms with Crippen LogP contribution in [0.3, 0.4) is 0 Å². The molecule has 2 rings (SSSR count). The van der Waals surface area contributed by atoms with Gasteiger partial charge in [0.05, 0.1) is 0 Å². The van der Waals surface area contributed by atoms with E-state index in [4.69, 9.17) is 0 Å². The molecule has 2 heteroatoms. The van der Waals surface area contributed by atoms with Gasteiger partial charge < -0.3 is 0 Å². The number of carbonyl (C=O) groups is 1. The molecule has 0 atom stereocenters. The zero-order valence-electron chi connectivity index (χ0n) is 9.91. The zero-order chi connectivity index (χ0) is 11.4. The molecule has 0 bridgehead atoms. The zero-order valence-corrected chi connectivity index (χ0v) is 9.91. The summed E-state index contributed by atoms with van der Waals surface area (Å²) in [6.07, 6.45) is 3.06. The molecule has 1 aliphatic rings. The minimum atomic E-state index is 0.289. The molecule has 1 aromatic carbocycles. The number of fused-ring (bicyclic) bond motifs is 1. The molecule has 0 saturated heterocycles. The number of rotatable bonds is 3. The van der Waals surface area contributed by atoms with Crippen LogP contribution in [0, 0.1) is 0 Å². The Morgan fingerprint density at radius 1 is 1.31 bits per heavy atom. The molecular weight excluding hydrogens is 198 g/mol. The van der Waals surface area contributed by atoms with E-state index in [1.807, 2.05) is 0 Å². The molecule has 1 aliphatic heterocycles. The lowest BCUT2D eigenvalue weighted by Gasteiger charge is -2.19. The number of hydrogen-bond acceptors (Lipinski definition) is 2. The predicted molar refractivity (Wildman–Crippen MR) is 65.3 cm³/mol. The highest BCUT2D eigenvalue weighted by Gasteiger charge is 2.13. The molecule has 0 N–H and O–H groups in total. The molecule has 86 valence electrons. The van der Waals surface area contributed by atoms with Gasteiger partial charge in [0.2, 0.25) is 0 Å². The van der Waals surface area contributed by atoms with Crippen LogP contribution in [0.1, 0.15) is 30.9 Å². The van der Waals surface area contributed by atoms with Gasteiger partial charge in [0.1, 0.15) is 5.78 Å². The smallest absolute Gasteiger partial charge is 0.131 e. The van der Waals surface area contributed by atoms with Crippen LogP contribution in [0.4, 0.5) is 0 Å². The highest BCUT2D eigenvalue weighted by atomic mass is 16.1. The number of aryl methyl sites for hydroxylation is 1. The first kappa shape index (κ1) is 11.3. The topological polar surface area (TPSA) is 20.3 Å². The van der Waals surface area contributed by atoms with Crippen LogP contribution in [0.2, 0.25) is 0 Å². The molecule has 1 aromatic rings. The summed E-state index contributed by atoms with van der Waals surface area (Å²) in [4.78, 5) is 13.4. The quantitative estimate of drug-likeness (QED) is 0.775. The predicted octanol–water partition coefficient (Wildman–Crippen LogP) is 2.41. The SMILES string of the molecule is CC(=O)CCN1CCCc2ccccc2C1. The summed E-state index contributed by atoms with van der Waals surface area (Å²) in [6.45, 7) is 4.70. The van der Waals surface area contributed by atoms with Gasteiger partial charge in [-0.3, -0.25) is 9.69 Å². The van der Waals surface area contributed by atoms with Gasteiger partial charge in [0, 0.05) is 19.5 Å². The van der Waals surface area contributed by atoms with E-state index in [-0.39, 0.29) is 5.78 Å². The molecule has 1 heterocycles. The molecule has 0 unspecified atom stereocenters. The van der Waals surface area contributed by atoms with Crippen LogP contribution >= 0.6 is 0 Å². The van der Waals surface area contributed by atoms with Gasteiger partial charge in [0.15, 0.2) is 0 Å². The molecule has 0 aromatic heterocycles. The van der Waals surface area contributed by atoms with Gasteiger partial charge in [-0.05, 0) is 37.4 Å². The van der Waals surface area contributed by atoms with Crippen molar-refractivity contribution in [1.82, 2.24) is 4.90 Å². The highest BCUT2D eigenvalue weighted by Crippen LogP contribution is 2.18. The van der Waals surface area contributed by atoms with Crippen molar-refractivity contribution < 1.29 is 4.79 Å². The van der Waals surface area contributed by atoms with E-state index in [0.717, 1.165) is 19.6 Å². The maximum absolute atomic E-state index is 11.0. The van der Waals surface area contributed by atoms with Crippen LogP contribution in [-0.2, 0) is 17.8 Å². The van der Waals surface area contributed by atoms with Crippen LogP contribution in [0.5, 0.6) is 0 Å². The summed E-state index contributed by atoms with van der Waals surface area (Å²) in [7, 11) is 0. The Morgan fingerprint density at radius 3 is 2.81 bits per heavy atom. The van der Waals surface area contributed by atoms with Crippen LogP contribution in [-0.4, -0.2) is 23.8 Å². The van der Waals surface area contributed by atoms with Crippen LogP contribution in [0.25, 0.3) is 0 Å². The Bertz CT molecular complexity index is 373. The van der Waals surface area contributed by atoms with Crippen molar-refractivity contribution in [2.24, 2.45) is 0 Å². The normalized spacial score (nSPS) is 16.6. The lowest BCUT2D eigenvalue weighted by molar-refractivity contribution is -0.117. The molecule has 16 heavy (non-hydrogen) atoms. The van der Waals surface area contributed by atoms with Crippen molar-refractivity contribution in [2.45, 2.75) is 32.7 Å². The fourth-order valence-corrected chi connectivity index (χ4v) is 2.28. The molecule has 0 spiro atoms. The van der Waals surface area contributed by atoms with Crippen molar-refractivity contribution in [1.29, 1.82) is 0 Å². The first-order valence-corrected chi connectivity index (χ1v) is 6.04. The summed E-state index contributed by atoms with van der Waals surface area (Å²) in [5.74, 6) is 0.289. The van der Waals surface area contributed by atoms with Gasteiger partial charge in [0.25, 0.3) is 0 Å². The van der Waals surface area contributed by atoms with E-state index < -0.39 is 0 Å². The Morgan fingerprint density at radius 2 is 2.06 bits per heavy atom. The number of hydrogen-bond donors (Lipinski definition) is 0. The average molecular weight is 217 g/mol. The standard InChI is InChI=1S/C14H19NO/c1-12(16)8-10-15-9-4-7-13-5-2-3-6-14(13)11-15/h2-3,5-6H,4,7-11H2,1H3. The van der Waals surface area contributed by atoms with E-state index in [1.54, 1.807) is 6.92 Å². The summed E-state index contributed by atoms with van der Waals surface area (Å²) < 4.78 is 0. The molecular formula is C14H19NO. The van der Waals surface area contributed by atoms with Crippen molar-refractivity contribution in [3.63, 3.8) is 0 Å². The van der Waals surface area contributed by atoms with Gasteiger partial charge >= 0.3 is 0 Å². The second-order valence-corrected chi connectivity index (χ2v) is 4.60. The van der Waals surface area contributed by atoms with E-state index in [0.29, 0.717) is 6.42 Å². The lowest BCUT2D eigenvalue weighted by atomic mass is 10.0. The Kier molecular flexibility index (Phi) is 3.73. The first-order chi connectivity index (χ1) is 7.75. The molecule has 0 fully saturated rings. The van der Waals surface area contributed by atoms with Crippen LogP contribution in [0.15, 0.2) is 24.3 Å². The van der Waals surface area contributed by atoms with E-state index >= 15 is 0 Å². The molecule has 2 nitrogen and oxygen atoms in total. The molecule has 0 aliphatic carbocycles. The van der Waals surface area contributed by atoms with Gasteiger partial charge in [-0.1, -0.05) is 24.3 Å². The number of benzene rings is 1. The van der Waals surface area contributed by atoms with Crippen molar-refractivity contribution in [3.8, 4) is 0 Å². The van der Waals surface area contributed by atoms with Crippen molar-refractivity contribution in [3.05, 3.63) is 35.4 Å². The fraction of sp³-hybridized carbons (Fsp3) is 0.500. The van der Waals surface area contributed by atoms with Crippen molar-refractivity contribution in [2.75, 3.05) is 13.1 Å². The molecule has 0 amide bonds. The Balaban J connectivity index is 2.02. The van der Waals surface area contributed by atoms with E-state index in [2.05, 4.69) is 29.2 Å². The van der Waals surface area contributed by atoms with E-state index in [9.17, 15) is 4.79 Å².